The molecule has 196 valence electrons. The van der Waals surface area contributed by atoms with Crippen molar-refractivity contribution in [3.63, 3.8) is 0 Å². The summed E-state index contributed by atoms with van der Waals surface area (Å²) < 4.78 is 0. The van der Waals surface area contributed by atoms with Gasteiger partial charge in [-0.1, -0.05) is 84.1 Å². The van der Waals surface area contributed by atoms with E-state index in [1.165, 1.54) is 51.4 Å². The van der Waals surface area contributed by atoms with Crippen LogP contribution in [0.15, 0.2) is 41.4 Å². The van der Waals surface area contributed by atoms with E-state index >= 15 is 0 Å². The van der Waals surface area contributed by atoms with Crippen molar-refractivity contribution in [2.45, 2.75) is 104 Å². The third-order valence-electron chi connectivity index (χ3n) is 6.49. The number of hydrogen-bond donors (Lipinski definition) is 2. The largest absolute Gasteiger partial charge is 0.478 e. The van der Waals surface area contributed by atoms with E-state index in [0.717, 1.165) is 49.7 Å². The van der Waals surface area contributed by atoms with Gasteiger partial charge in [0.2, 0.25) is 0 Å². The van der Waals surface area contributed by atoms with E-state index in [4.69, 9.17) is 0 Å². The fourth-order valence-corrected chi connectivity index (χ4v) is 4.45. The van der Waals surface area contributed by atoms with E-state index in [9.17, 15) is 19.8 Å². The minimum Gasteiger partial charge on any atom is -0.478 e. The summed E-state index contributed by atoms with van der Waals surface area (Å²) in [6.07, 6.45) is 17.5. The number of unbranched alkanes of at least 4 members (excludes halogenated alkanes) is 10. The molecule has 0 aliphatic carbocycles. The highest BCUT2D eigenvalue weighted by molar-refractivity contribution is 5.92. The molecule has 0 unspecified atom stereocenters. The van der Waals surface area contributed by atoms with Crippen molar-refractivity contribution in [1.29, 1.82) is 0 Å². The van der Waals surface area contributed by atoms with Crippen molar-refractivity contribution < 1.29 is 19.8 Å². The van der Waals surface area contributed by atoms with Gasteiger partial charge < -0.3 is 10.2 Å². The first kappa shape index (κ1) is 29.3. The number of benzene rings is 2. The molecule has 0 atom stereocenters. The Morgan fingerprint density at radius 1 is 0.639 bits per heavy atom. The molecular weight excluding hydrogens is 450 g/mol. The fraction of sp³-hybridized carbons (Fsp3) is 0.516. The summed E-state index contributed by atoms with van der Waals surface area (Å²) >= 11 is 0. The molecular formula is C31H43NO4. The molecule has 0 aromatic heterocycles. The Balaban J connectivity index is 2.11. The van der Waals surface area contributed by atoms with Crippen LogP contribution in [0.4, 0.5) is 5.69 Å². The lowest BCUT2D eigenvalue weighted by Gasteiger charge is -2.07. The molecule has 0 fully saturated rings. The highest BCUT2D eigenvalue weighted by Gasteiger charge is 2.09. The van der Waals surface area contributed by atoms with Crippen LogP contribution >= 0.6 is 0 Å². The zero-order valence-corrected chi connectivity index (χ0v) is 22.1. The van der Waals surface area contributed by atoms with Crippen molar-refractivity contribution in [3.8, 4) is 0 Å². The summed E-state index contributed by atoms with van der Waals surface area (Å²) in [6, 6.07) is 10.6. The van der Waals surface area contributed by atoms with Gasteiger partial charge in [0.05, 0.1) is 16.8 Å². The Labute approximate surface area is 216 Å². The van der Waals surface area contributed by atoms with E-state index in [2.05, 4.69) is 18.8 Å². The first-order valence-electron chi connectivity index (χ1n) is 13.7. The first-order chi connectivity index (χ1) is 17.4. The lowest BCUT2D eigenvalue weighted by atomic mass is 10.0. The molecule has 5 nitrogen and oxygen atoms in total. The minimum absolute atomic E-state index is 0.230. The molecule has 0 aliphatic rings. The van der Waals surface area contributed by atoms with E-state index in [1.807, 2.05) is 12.1 Å². The average molecular weight is 494 g/mol. The standard InChI is InChI=1S/C31H43NO4/c1-3-5-7-9-11-13-15-24-17-26(20-27(18-24)30(33)34)23-32-29-21-25(19-28(22-29)31(35)36)16-14-12-10-8-6-4-2/h17-23H,3-16H2,1-2H3,(H,33,34)(H,35,36). The van der Waals surface area contributed by atoms with Gasteiger partial charge in [0.25, 0.3) is 0 Å². The highest BCUT2D eigenvalue weighted by atomic mass is 16.4. The van der Waals surface area contributed by atoms with Crippen LogP contribution in [-0.2, 0) is 12.8 Å². The van der Waals surface area contributed by atoms with Crippen molar-refractivity contribution in [2.75, 3.05) is 0 Å². The van der Waals surface area contributed by atoms with Crippen LogP contribution in [0, 0.1) is 0 Å². The molecule has 5 heteroatoms. The Morgan fingerprint density at radius 2 is 1.11 bits per heavy atom. The van der Waals surface area contributed by atoms with Crippen LogP contribution in [0.1, 0.15) is 128 Å². The zero-order chi connectivity index (χ0) is 26.2. The van der Waals surface area contributed by atoms with Gasteiger partial charge in [0, 0.05) is 6.21 Å². The topological polar surface area (TPSA) is 87.0 Å². The molecule has 0 saturated carbocycles. The van der Waals surface area contributed by atoms with Gasteiger partial charge in [-0.15, -0.1) is 0 Å². The predicted octanol–water partition coefficient (Wildman–Crippen LogP) is 8.64. The number of hydrogen-bond acceptors (Lipinski definition) is 3. The van der Waals surface area contributed by atoms with Crippen molar-refractivity contribution in [2.24, 2.45) is 4.99 Å². The van der Waals surface area contributed by atoms with Crippen LogP contribution in [0.25, 0.3) is 0 Å². The van der Waals surface area contributed by atoms with Crippen LogP contribution < -0.4 is 0 Å². The SMILES string of the molecule is CCCCCCCCc1cc(C=Nc2cc(CCCCCCCC)cc(C(=O)O)c2)cc(C(=O)O)c1. The monoisotopic (exact) mass is 493 g/mol. The molecule has 2 rings (SSSR count). The summed E-state index contributed by atoms with van der Waals surface area (Å²) in [6.45, 7) is 4.41. The van der Waals surface area contributed by atoms with Crippen LogP contribution in [0.3, 0.4) is 0 Å². The summed E-state index contributed by atoms with van der Waals surface area (Å²) in [5.41, 5.74) is 3.75. The predicted molar refractivity (Wildman–Crippen MR) is 148 cm³/mol. The van der Waals surface area contributed by atoms with Gasteiger partial charge in [-0.25, -0.2) is 9.59 Å². The smallest absolute Gasteiger partial charge is 0.335 e. The summed E-state index contributed by atoms with van der Waals surface area (Å²) in [4.78, 5) is 27.9. The molecule has 0 aliphatic heterocycles. The van der Waals surface area contributed by atoms with Crippen LogP contribution in [-0.4, -0.2) is 28.4 Å². The Hall–Kier alpha value is -2.95. The van der Waals surface area contributed by atoms with Gasteiger partial charge in [-0.05, 0) is 72.7 Å². The van der Waals surface area contributed by atoms with Gasteiger partial charge >= 0.3 is 11.9 Å². The fourth-order valence-electron chi connectivity index (χ4n) is 4.45. The zero-order valence-electron chi connectivity index (χ0n) is 22.1. The first-order valence-corrected chi connectivity index (χ1v) is 13.7. The molecule has 2 N–H and O–H groups in total. The second-order valence-electron chi connectivity index (χ2n) is 9.76. The van der Waals surface area contributed by atoms with Crippen LogP contribution in [0.2, 0.25) is 0 Å². The van der Waals surface area contributed by atoms with E-state index < -0.39 is 11.9 Å². The van der Waals surface area contributed by atoms with Crippen molar-refractivity contribution in [1.82, 2.24) is 0 Å². The molecule has 0 saturated heterocycles. The molecule has 0 heterocycles. The van der Waals surface area contributed by atoms with E-state index in [0.29, 0.717) is 11.3 Å². The number of carboxylic acids is 2. The number of carboxylic acid groups (broad SMARTS) is 2. The Kier molecular flexibility index (Phi) is 13.6. The van der Waals surface area contributed by atoms with Crippen LogP contribution in [0.5, 0.6) is 0 Å². The molecule has 2 aromatic rings. The highest BCUT2D eigenvalue weighted by Crippen LogP contribution is 2.21. The lowest BCUT2D eigenvalue weighted by molar-refractivity contribution is 0.0686. The lowest BCUT2D eigenvalue weighted by Crippen LogP contribution is -2.00. The summed E-state index contributed by atoms with van der Waals surface area (Å²) in [7, 11) is 0. The molecule has 0 bridgehead atoms. The molecule has 36 heavy (non-hydrogen) atoms. The van der Waals surface area contributed by atoms with Crippen molar-refractivity contribution >= 4 is 23.8 Å². The number of aryl methyl sites for hydroxylation is 2. The van der Waals surface area contributed by atoms with Gasteiger partial charge in [-0.3, -0.25) is 4.99 Å². The Morgan fingerprint density at radius 3 is 1.64 bits per heavy atom. The molecule has 2 aromatic carbocycles. The number of aromatic carboxylic acids is 2. The average Bonchev–Trinajstić information content (AvgIpc) is 2.86. The normalized spacial score (nSPS) is 11.3. The van der Waals surface area contributed by atoms with Gasteiger partial charge in [0.1, 0.15) is 0 Å². The number of carbonyl (C=O) groups is 2. The minimum atomic E-state index is -0.967. The third kappa shape index (κ3) is 11.2. The van der Waals surface area contributed by atoms with Gasteiger partial charge in [-0.2, -0.15) is 0 Å². The van der Waals surface area contributed by atoms with E-state index in [-0.39, 0.29) is 11.1 Å². The maximum Gasteiger partial charge on any atom is 0.335 e. The number of rotatable bonds is 18. The summed E-state index contributed by atoms with van der Waals surface area (Å²) in [5.74, 6) is -1.92. The Bertz CT molecular complexity index is 917. The second kappa shape index (κ2) is 16.7. The molecule has 0 amide bonds. The van der Waals surface area contributed by atoms with E-state index in [1.54, 1.807) is 30.5 Å². The maximum atomic E-state index is 11.7. The van der Waals surface area contributed by atoms with Gasteiger partial charge in [0.15, 0.2) is 0 Å². The molecule has 0 radical (unpaired) electrons. The summed E-state index contributed by atoms with van der Waals surface area (Å²) in [5, 5.41) is 19.1. The molecule has 0 spiro atoms. The second-order valence-corrected chi connectivity index (χ2v) is 9.76. The number of nitrogens with zero attached hydrogens (tertiary/aromatic N) is 1. The quantitative estimate of drug-likeness (QED) is 0.161. The third-order valence-corrected chi connectivity index (χ3v) is 6.49. The maximum absolute atomic E-state index is 11.7. The number of aliphatic imine (C=N–C) groups is 1. The van der Waals surface area contributed by atoms with Crippen molar-refractivity contribution in [3.05, 3.63) is 64.2 Å².